The molecule has 1 N–H and O–H groups in total. The summed E-state index contributed by atoms with van der Waals surface area (Å²) in [4.78, 5) is 18.1. The Morgan fingerprint density at radius 3 is 3.22 bits per heavy atom. The van der Waals surface area contributed by atoms with Gasteiger partial charge in [-0.25, -0.2) is 4.98 Å². The average molecular weight is 329 g/mol. The van der Waals surface area contributed by atoms with Crippen LogP contribution in [0.1, 0.15) is 17.9 Å². The summed E-state index contributed by atoms with van der Waals surface area (Å²) in [6.45, 7) is 2.79. The Kier molecular flexibility index (Phi) is 3.77. The zero-order valence-electron chi connectivity index (χ0n) is 13.0. The van der Waals surface area contributed by atoms with E-state index in [0.717, 1.165) is 41.5 Å². The van der Waals surface area contributed by atoms with Crippen molar-refractivity contribution in [2.24, 2.45) is 0 Å². The van der Waals surface area contributed by atoms with E-state index in [2.05, 4.69) is 21.1 Å². The van der Waals surface area contributed by atoms with E-state index in [1.54, 1.807) is 11.8 Å². The van der Waals surface area contributed by atoms with Crippen LogP contribution in [0.25, 0.3) is 0 Å². The number of hydrogen-bond acceptors (Lipinski definition) is 4. The van der Waals surface area contributed by atoms with Gasteiger partial charge in [0.15, 0.2) is 6.10 Å². The predicted octanol–water partition coefficient (Wildman–Crippen LogP) is 2.18. The van der Waals surface area contributed by atoms with Crippen molar-refractivity contribution in [1.29, 1.82) is 0 Å². The molecule has 0 saturated heterocycles. The molecule has 2 aliphatic rings. The van der Waals surface area contributed by atoms with Crippen molar-refractivity contribution in [3.8, 4) is 5.75 Å². The van der Waals surface area contributed by atoms with Crippen molar-refractivity contribution in [1.82, 2.24) is 14.9 Å². The monoisotopic (exact) mass is 329 g/mol. The van der Waals surface area contributed by atoms with Crippen LogP contribution in [-0.4, -0.2) is 33.4 Å². The summed E-state index contributed by atoms with van der Waals surface area (Å²) in [5.41, 5.74) is 1.04. The molecule has 1 amide bonds. The van der Waals surface area contributed by atoms with Gasteiger partial charge in [-0.05, 0) is 25.5 Å². The summed E-state index contributed by atoms with van der Waals surface area (Å²) in [5.74, 6) is 2.56. The summed E-state index contributed by atoms with van der Waals surface area (Å²) < 4.78 is 8.01. The lowest BCUT2D eigenvalue weighted by Crippen LogP contribution is -2.48. The molecule has 6 heteroatoms. The Morgan fingerprint density at radius 2 is 2.30 bits per heavy atom. The van der Waals surface area contributed by atoms with Crippen molar-refractivity contribution in [2.45, 2.75) is 43.4 Å². The van der Waals surface area contributed by atoms with Gasteiger partial charge in [0, 0.05) is 35.9 Å². The van der Waals surface area contributed by atoms with Gasteiger partial charge in [-0.3, -0.25) is 4.79 Å². The van der Waals surface area contributed by atoms with Crippen LogP contribution < -0.4 is 10.1 Å². The molecule has 4 rings (SSSR count). The minimum Gasteiger partial charge on any atom is -0.479 e. The number of imidazole rings is 1. The van der Waals surface area contributed by atoms with Crippen LogP contribution in [0.2, 0.25) is 0 Å². The fraction of sp³-hybridized carbons (Fsp3) is 0.412. The largest absolute Gasteiger partial charge is 0.479 e. The fourth-order valence-electron chi connectivity index (χ4n) is 3.15. The second-order valence-electron chi connectivity index (χ2n) is 6.06. The molecule has 0 bridgehead atoms. The molecule has 2 aromatic rings. The third-order valence-corrected chi connectivity index (χ3v) is 5.38. The number of thioether (sulfide) groups is 1. The van der Waals surface area contributed by atoms with Crippen molar-refractivity contribution in [3.63, 3.8) is 0 Å². The van der Waals surface area contributed by atoms with Gasteiger partial charge < -0.3 is 14.6 Å². The number of nitrogens with one attached hydrogen (secondary N) is 1. The number of hydrogen-bond donors (Lipinski definition) is 1. The van der Waals surface area contributed by atoms with Gasteiger partial charge in [-0.15, -0.1) is 11.8 Å². The number of rotatable bonds is 2. The highest BCUT2D eigenvalue weighted by Gasteiger charge is 2.29. The average Bonchev–Trinajstić information content (AvgIpc) is 2.93. The third-order valence-electron chi connectivity index (χ3n) is 4.26. The van der Waals surface area contributed by atoms with Crippen LogP contribution >= 0.6 is 11.8 Å². The van der Waals surface area contributed by atoms with Gasteiger partial charge in [0.1, 0.15) is 11.6 Å². The highest BCUT2D eigenvalue weighted by atomic mass is 32.2. The van der Waals surface area contributed by atoms with E-state index in [1.807, 2.05) is 31.2 Å². The first-order valence-corrected chi connectivity index (χ1v) is 8.89. The Balaban J connectivity index is 1.39. The highest BCUT2D eigenvalue weighted by Crippen LogP contribution is 2.35. The summed E-state index contributed by atoms with van der Waals surface area (Å²) in [7, 11) is 0. The number of ether oxygens (including phenoxy) is 1. The maximum Gasteiger partial charge on any atom is 0.262 e. The molecule has 120 valence electrons. The summed E-state index contributed by atoms with van der Waals surface area (Å²) in [6, 6.07) is 8.02. The molecule has 2 atom stereocenters. The number of aromatic nitrogens is 2. The molecule has 1 aromatic carbocycles. The van der Waals surface area contributed by atoms with Gasteiger partial charge in [-0.2, -0.15) is 0 Å². The van der Waals surface area contributed by atoms with Crippen LogP contribution in [0.15, 0.2) is 35.4 Å². The quantitative estimate of drug-likeness (QED) is 0.917. The lowest BCUT2D eigenvalue weighted by molar-refractivity contribution is -0.128. The van der Waals surface area contributed by atoms with Crippen LogP contribution in [0.4, 0.5) is 0 Å². The zero-order chi connectivity index (χ0) is 15.8. The number of fused-ring (bicyclic) bond motifs is 2. The summed E-state index contributed by atoms with van der Waals surface area (Å²) >= 11 is 1.68. The van der Waals surface area contributed by atoms with Crippen LogP contribution in [0.3, 0.4) is 0 Å². The van der Waals surface area contributed by atoms with E-state index in [-0.39, 0.29) is 11.9 Å². The number of carbonyl (C=O) groups is 1. The molecule has 3 heterocycles. The molecule has 0 radical (unpaired) electrons. The smallest absolute Gasteiger partial charge is 0.262 e. The highest BCUT2D eigenvalue weighted by molar-refractivity contribution is 7.99. The number of aryl methyl sites for hydroxylation is 2. The summed E-state index contributed by atoms with van der Waals surface area (Å²) in [6.07, 6.45) is 3.47. The normalized spacial score (nSPS) is 22.7. The first-order valence-electron chi connectivity index (χ1n) is 7.90. The summed E-state index contributed by atoms with van der Waals surface area (Å²) in [5, 5.41) is 3.14. The van der Waals surface area contributed by atoms with E-state index < -0.39 is 6.10 Å². The van der Waals surface area contributed by atoms with E-state index in [0.29, 0.717) is 5.75 Å². The number of nitrogens with zero attached hydrogens (tertiary/aromatic N) is 2. The lowest BCUT2D eigenvalue weighted by Gasteiger charge is -2.29. The van der Waals surface area contributed by atoms with Gasteiger partial charge in [-0.1, -0.05) is 12.1 Å². The van der Waals surface area contributed by atoms with E-state index in [9.17, 15) is 4.79 Å². The minimum absolute atomic E-state index is 0.0164. The van der Waals surface area contributed by atoms with Gasteiger partial charge in [0.05, 0.1) is 5.69 Å². The van der Waals surface area contributed by atoms with Crippen LogP contribution in [0, 0.1) is 6.92 Å². The van der Waals surface area contributed by atoms with Crippen LogP contribution in [-0.2, 0) is 17.8 Å². The Bertz CT molecular complexity index is 743. The fourth-order valence-corrected chi connectivity index (χ4v) is 4.13. The van der Waals surface area contributed by atoms with Gasteiger partial charge in [0.25, 0.3) is 5.91 Å². The van der Waals surface area contributed by atoms with Gasteiger partial charge in [0.2, 0.25) is 0 Å². The standard InChI is InChI=1S/C17H19N3O2S/c1-11-8-20-9-12(6-7-16(20)18-11)19-17(21)14-10-23-15-5-3-2-4-13(15)22-14/h2-5,8,12,14H,6-7,9-10H2,1H3,(H,19,21). The molecule has 23 heavy (non-hydrogen) atoms. The first kappa shape index (κ1) is 14.6. The number of amides is 1. The predicted molar refractivity (Wildman–Crippen MR) is 88.8 cm³/mol. The molecule has 1 aromatic heterocycles. The topological polar surface area (TPSA) is 56.2 Å². The number of benzene rings is 1. The Morgan fingerprint density at radius 1 is 1.43 bits per heavy atom. The SMILES string of the molecule is Cc1cn2c(n1)CCC(NC(=O)C1CSc3ccccc3O1)C2. The van der Waals surface area contributed by atoms with Crippen molar-refractivity contribution in [2.75, 3.05) is 5.75 Å². The maximum absolute atomic E-state index is 12.5. The molecule has 0 fully saturated rings. The van der Waals surface area contributed by atoms with E-state index >= 15 is 0 Å². The first-order chi connectivity index (χ1) is 11.2. The Hall–Kier alpha value is -1.95. The van der Waals surface area contributed by atoms with Crippen LogP contribution in [0.5, 0.6) is 5.75 Å². The minimum atomic E-state index is -0.416. The molecule has 2 unspecified atom stereocenters. The van der Waals surface area contributed by atoms with E-state index in [4.69, 9.17) is 4.74 Å². The molecule has 0 spiro atoms. The zero-order valence-corrected chi connectivity index (χ0v) is 13.8. The Labute approximate surface area is 139 Å². The maximum atomic E-state index is 12.5. The molecular formula is C17H19N3O2S. The molecule has 0 saturated carbocycles. The lowest BCUT2D eigenvalue weighted by atomic mass is 10.1. The number of carbonyl (C=O) groups excluding carboxylic acids is 1. The number of para-hydroxylation sites is 1. The van der Waals surface area contributed by atoms with Crippen molar-refractivity contribution in [3.05, 3.63) is 42.0 Å². The van der Waals surface area contributed by atoms with E-state index in [1.165, 1.54) is 0 Å². The molecule has 0 aliphatic carbocycles. The van der Waals surface area contributed by atoms with Crippen molar-refractivity contribution < 1.29 is 9.53 Å². The third kappa shape index (κ3) is 2.95. The second kappa shape index (κ2) is 5.92. The molecule has 5 nitrogen and oxygen atoms in total. The molecule has 2 aliphatic heterocycles. The second-order valence-corrected chi connectivity index (χ2v) is 7.12. The van der Waals surface area contributed by atoms with Crippen molar-refractivity contribution >= 4 is 17.7 Å². The molecular weight excluding hydrogens is 310 g/mol. The van der Waals surface area contributed by atoms with Gasteiger partial charge >= 0.3 is 0 Å².